The number of phenolic OH excluding ortho intramolecular Hbond substituents is 1. The molecule has 0 bridgehead atoms. The van der Waals surface area contributed by atoms with Crippen LogP contribution in [0.3, 0.4) is 0 Å². The van der Waals surface area contributed by atoms with E-state index >= 15 is 0 Å². The predicted octanol–water partition coefficient (Wildman–Crippen LogP) is 3.55. The lowest BCUT2D eigenvalue weighted by atomic mass is 9.92. The summed E-state index contributed by atoms with van der Waals surface area (Å²) in [5.74, 6) is 0.113. The maximum atomic E-state index is 14.0. The molecule has 1 atom stereocenters. The summed E-state index contributed by atoms with van der Waals surface area (Å²) in [6, 6.07) is 5.27. The summed E-state index contributed by atoms with van der Waals surface area (Å²) in [4.78, 5) is 0. The molecule has 1 nitrogen and oxygen atoms in total. The predicted molar refractivity (Wildman–Crippen MR) is 56.2 cm³/mol. The van der Waals surface area contributed by atoms with Crippen LogP contribution < -0.4 is 0 Å². The van der Waals surface area contributed by atoms with Crippen LogP contribution >= 0.6 is 0 Å². The summed E-state index contributed by atoms with van der Waals surface area (Å²) < 4.78 is 14.0. The van der Waals surface area contributed by atoms with Crippen molar-refractivity contribution in [2.24, 2.45) is 0 Å². The second-order valence-electron chi connectivity index (χ2n) is 3.72. The van der Waals surface area contributed by atoms with Crippen LogP contribution in [-0.2, 0) is 12.1 Å². The SMILES string of the molecule is CCc1cccc(C(C)(F)CC)c1O. The van der Waals surface area contributed by atoms with Gasteiger partial charge < -0.3 is 5.11 Å². The summed E-state index contributed by atoms with van der Waals surface area (Å²) in [7, 11) is 0. The van der Waals surface area contributed by atoms with E-state index < -0.39 is 5.67 Å². The van der Waals surface area contributed by atoms with Crippen molar-refractivity contribution in [3.63, 3.8) is 0 Å². The summed E-state index contributed by atoms with van der Waals surface area (Å²) in [5, 5.41) is 9.82. The van der Waals surface area contributed by atoms with Gasteiger partial charge in [0, 0.05) is 5.56 Å². The van der Waals surface area contributed by atoms with Crippen molar-refractivity contribution >= 4 is 0 Å². The zero-order valence-electron chi connectivity index (χ0n) is 8.97. The van der Waals surface area contributed by atoms with E-state index in [0.29, 0.717) is 12.0 Å². The lowest BCUT2D eigenvalue weighted by molar-refractivity contribution is 0.179. The highest BCUT2D eigenvalue weighted by atomic mass is 19.1. The van der Waals surface area contributed by atoms with Crippen LogP contribution in [0.4, 0.5) is 4.39 Å². The van der Waals surface area contributed by atoms with Crippen LogP contribution in [0.2, 0.25) is 0 Å². The van der Waals surface area contributed by atoms with E-state index in [4.69, 9.17) is 0 Å². The maximum Gasteiger partial charge on any atom is 0.136 e. The fourth-order valence-corrected chi connectivity index (χ4v) is 1.49. The van der Waals surface area contributed by atoms with Crippen LogP contribution in [0.5, 0.6) is 5.75 Å². The summed E-state index contributed by atoms with van der Waals surface area (Å²) >= 11 is 0. The molecule has 1 rings (SSSR count). The molecule has 0 saturated heterocycles. The van der Waals surface area contributed by atoms with Gasteiger partial charge in [-0.25, -0.2) is 4.39 Å². The van der Waals surface area contributed by atoms with E-state index in [1.165, 1.54) is 6.92 Å². The van der Waals surface area contributed by atoms with Gasteiger partial charge in [0.2, 0.25) is 0 Å². The summed E-state index contributed by atoms with van der Waals surface area (Å²) in [6.07, 6.45) is 1.09. The smallest absolute Gasteiger partial charge is 0.136 e. The van der Waals surface area contributed by atoms with E-state index in [2.05, 4.69) is 0 Å². The van der Waals surface area contributed by atoms with Gasteiger partial charge in [-0.2, -0.15) is 0 Å². The third kappa shape index (κ3) is 1.89. The molecule has 14 heavy (non-hydrogen) atoms. The van der Waals surface area contributed by atoms with Crippen LogP contribution in [0.1, 0.15) is 38.3 Å². The number of alkyl halides is 1. The minimum absolute atomic E-state index is 0.113. The number of phenols is 1. The molecule has 1 aromatic rings. The van der Waals surface area contributed by atoms with Crippen LogP contribution in [0, 0.1) is 0 Å². The van der Waals surface area contributed by atoms with Gasteiger partial charge in [0.25, 0.3) is 0 Å². The van der Waals surface area contributed by atoms with Crippen LogP contribution in [0.25, 0.3) is 0 Å². The second-order valence-corrected chi connectivity index (χ2v) is 3.72. The number of halogens is 1. The van der Waals surface area contributed by atoms with E-state index in [1.54, 1.807) is 19.1 Å². The van der Waals surface area contributed by atoms with Crippen LogP contribution in [-0.4, -0.2) is 5.11 Å². The average molecular weight is 196 g/mol. The second kappa shape index (κ2) is 3.99. The fourth-order valence-electron chi connectivity index (χ4n) is 1.49. The Bertz CT molecular complexity index is 318. The maximum absolute atomic E-state index is 14.0. The van der Waals surface area contributed by atoms with E-state index in [1.807, 2.05) is 13.0 Å². The topological polar surface area (TPSA) is 20.2 Å². The van der Waals surface area contributed by atoms with Crippen molar-refractivity contribution < 1.29 is 9.50 Å². The van der Waals surface area contributed by atoms with Gasteiger partial charge in [-0.1, -0.05) is 32.0 Å². The molecule has 0 heterocycles. The Morgan fingerprint density at radius 3 is 2.50 bits per heavy atom. The Balaban J connectivity index is 3.22. The molecule has 0 aromatic heterocycles. The van der Waals surface area contributed by atoms with Gasteiger partial charge >= 0.3 is 0 Å². The molecule has 1 unspecified atom stereocenters. The lowest BCUT2D eigenvalue weighted by Gasteiger charge is -2.21. The molecule has 0 amide bonds. The molecule has 1 N–H and O–H groups in total. The molecule has 0 radical (unpaired) electrons. The molecule has 2 heteroatoms. The van der Waals surface area contributed by atoms with Gasteiger partial charge in [0.15, 0.2) is 0 Å². The highest BCUT2D eigenvalue weighted by molar-refractivity contribution is 5.43. The number of benzene rings is 1. The molecule has 0 aliphatic heterocycles. The number of rotatable bonds is 3. The summed E-state index contributed by atoms with van der Waals surface area (Å²) in [6.45, 7) is 5.22. The molecule has 0 spiro atoms. The number of para-hydroxylation sites is 1. The molecule has 1 aromatic carbocycles. The number of hydrogen-bond donors (Lipinski definition) is 1. The average Bonchev–Trinajstić information content (AvgIpc) is 2.18. The van der Waals surface area contributed by atoms with Crippen molar-refractivity contribution in [3.05, 3.63) is 29.3 Å². The zero-order valence-corrected chi connectivity index (χ0v) is 8.97. The van der Waals surface area contributed by atoms with Gasteiger partial charge in [-0.3, -0.25) is 0 Å². The Morgan fingerprint density at radius 2 is 2.00 bits per heavy atom. The first-order chi connectivity index (χ1) is 6.53. The lowest BCUT2D eigenvalue weighted by Crippen LogP contribution is -2.14. The van der Waals surface area contributed by atoms with E-state index in [9.17, 15) is 9.50 Å². The van der Waals surface area contributed by atoms with E-state index in [0.717, 1.165) is 12.0 Å². The molecule has 0 saturated carbocycles. The normalized spacial score (nSPS) is 15.1. The molecule has 0 aliphatic rings. The molecule has 78 valence electrons. The Kier molecular flexibility index (Phi) is 3.14. The fraction of sp³-hybridized carbons (Fsp3) is 0.500. The Labute approximate surface area is 84.6 Å². The van der Waals surface area contributed by atoms with Crippen molar-refractivity contribution in [2.45, 2.75) is 39.3 Å². The summed E-state index contributed by atoms with van der Waals surface area (Å²) in [5.41, 5.74) is -0.228. The Morgan fingerprint density at radius 1 is 1.36 bits per heavy atom. The van der Waals surface area contributed by atoms with Crippen molar-refractivity contribution in [1.82, 2.24) is 0 Å². The van der Waals surface area contributed by atoms with Gasteiger partial charge in [-0.05, 0) is 25.3 Å². The van der Waals surface area contributed by atoms with Crippen molar-refractivity contribution in [1.29, 1.82) is 0 Å². The van der Waals surface area contributed by atoms with Gasteiger partial charge in [0.1, 0.15) is 11.4 Å². The quantitative estimate of drug-likeness (QED) is 0.783. The van der Waals surface area contributed by atoms with Crippen molar-refractivity contribution in [2.75, 3.05) is 0 Å². The van der Waals surface area contributed by atoms with Gasteiger partial charge in [-0.15, -0.1) is 0 Å². The number of hydrogen-bond acceptors (Lipinski definition) is 1. The molecule has 0 aliphatic carbocycles. The molecular formula is C12H17FO. The third-order valence-corrected chi connectivity index (χ3v) is 2.73. The van der Waals surface area contributed by atoms with Crippen LogP contribution in [0.15, 0.2) is 18.2 Å². The minimum atomic E-state index is -1.44. The van der Waals surface area contributed by atoms with E-state index in [-0.39, 0.29) is 5.75 Å². The molecule has 0 fully saturated rings. The number of aryl methyl sites for hydroxylation is 1. The largest absolute Gasteiger partial charge is 0.507 e. The first-order valence-electron chi connectivity index (χ1n) is 5.03. The standard InChI is InChI=1S/C12H17FO/c1-4-9-7-6-8-10(11(9)14)12(3,13)5-2/h6-8,14H,4-5H2,1-3H3. The highest BCUT2D eigenvalue weighted by Crippen LogP contribution is 2.37. The monoisotopic (exact) mass is 196 g/mol. The van der Waals surface area contributed by atoms with Crippen molar-refractivity contribution in [3.8, 4) is 5.75 Å². The number of aromatic hydroxyl groups is 1. The minimum Gasteiger partial charge on any atom is -0.507 e. The third-order valence-electron chi connectivity index (χ3n) is 2.73. The van der Waals surface area contributed by atoms with Gasteiger partial charge in [0.05, 0.1) is 0 Å². The zero-order chi connectivity index (χ0) is 10.8. The Hall–Kier alpha value is -1.05. The first kappa shape index (κ1) is 11.0. The highest BCUT2D eigenvalue weighted by Gasteiger charge is 2.27. The first-order valence-corrected chi connectivity index (χ1v) is 5.03. The molecular weight excluding hydrogens is 179 g/mol.